The third-order valence-corrected chi connectivity index (χ3v) is 7.17. The summed E-state index contributed by atoms with van der Waals surface area (Å²) >= 11 is 1.67. The quantitative estimate of drug-likeness (QED) is 0.156. The van der Waals surface area contributed by atoms with Crippen molar-refractivity contribution in [3.05, 3.63) is 130 Å². The Hall–Kier alpha value is -4.57. The second-order valence-corrected chi connectivity index (χ2v) is 9.76. The summed E-state index contributed by atoms with van der Waals surface area (Å²) in [6.07, 6.45) is 8.75. The molecule has 0 bridgehead atoms. The molecule has 0 saturated carbocycles. The molecule has 1 aliphatic heterocycles. The number of pyridine rings is 1. The molecule has 0 amide bonds. The summed E-state index contributed by atoms with van der Waals surface area (Å²) in [5.74, 6) is 0. The number of hydrogen-bond donors (Lipinski definition) is 0. The number of benzene rings is 2. The van der Waals surface area contributed by atoms with E-state index in [2.05, 4.69) is 57.9 Å². The van der Waals surface area contributed by atoms with Gasteiger partial charge in [-0.15, -0.1) is 0 Å². The molecular weight excluding hydrogens is 474 g/mol. The topological polar surface area (TPSA) is 59.1 Å². The predicted molar refractivity (Wildman–Crippen MR) is 148 cm³/mol. The molecule has 0 radical (unpaired) electrons. The lowest BCUT2D eigenvalue weighted by atomic mass is 9.95. The maximum absolute atomic E-state index is 10.1. The Balaban J connectivity index is 1.69. The van der Waals surface area contributed by atoms with E-state index >= 15 is 0 Å². The second-order valence-electron chi connectivity index (χ2n) is 8.70. The van der Waals surface area contributed by atoms with Gasteiger partial charge in [-0.3, -0.25) is 0 Å². The maximum atomic E-state index is 10.1. The zero-order valence-electron chi connectivity index (χ0n) is 20.8. The Morgan fingerprint density at radius 3 is 2.43 bits per heavy atom. The summed E-state index contributed by atoms with van der Waals surface area (Å²) < 4.78 is 2.17. The first kappa shape index (κ1) is 25.5. The van der Waals surface area contributed by atoms with Crippen LogP contribution >= 0.6 is 11.8 Å². The molecule has 3 aromatic rings. The van der Waals surface area contributed by atoms with Gasteiger partial charge in [-0.05, 0) is 49.3 Å². The molecule has 4 rings (SSSR count). The van der Waals surface area contributed by atoms with Gasteiger partial charge in [0.05, 0.1) is 35.0 Å². The van der Waals surface area contributed by atoms with Crippen LogP contribution in [0.4, 0.5) is 5.69 Å². The van der Waals surface area contributed by atoms with Gasteiger partial charge in [0.15, 0.2) is 12.4 Å². The summed E-state index contributed by atoms with van der Waals surface area (Å²) in [5.41, 5.74) is 4.65. The van der Waals surface area contributed by atoms with Crippen LogP contribution in [0.5, 0.6) is 0 Å². The third-order valence-electron chi connectivity index (χ3n) is 6.04. The Morgan fingerprint density at radius 1 is 1.03 bits per heavy atom. The maximum Gasteiger partial charge on any atom is 0.270 e. The second kappa shape index (κ2) is 11.9. The Kier molecular flexibility index (Phi) is 8.22. The van der Waals surface area contributed by atoms with Gasteiger partial charge in [-0.1, -0.05) is 53.7 Å². The highest BCUT2D eigenvalue weighted by molar-refractivity contribution is 8.03. The number of aryl methyl sites for hydroxylation is 3. The summed E-state index contributed by atoms with van der Waals surface area (Å²) in [6.45, 7) is 13.3. The van der Waals surface area contributed by atoms with Gasteiger partial charge in [0.2, 0.25) is 0 Å². The van der Waals surface area contributed by atoms with Gasteiger partial charge in [0.1, 0.15) is 6.54 Å². The first-order chi connectivity index (χ1) is 18.0. The fourth-order valence-electron chi connectivity index (χ4n) is 4.17. The van der Waals surface area contributed by atoms with Crippen molar-refractivity contribution in [2.24, 2.45) is 0 Å². The Bertz CT molecular complexity index is 1490. The average Bonchev–Trinajstić information content (AvgIpc) is 3.26. The van der Waals surface area contributed by atoms with Gasteiger partial charge in [0.25, 0.3) is 5.70 Å². The predicted octanol–water partition coefficient (Wildman–Crippen LogP) is 6.74. The lowest BCUT2D eigenvalue weighted by molar-refractivity contribution is -0.697. The van der Waals surface area contributed by atoms with Gasteiger partial charge in [-0.2, -0.15) is 5.26 Å². The molecule has 0 atom stereocenters. The summed E-state index contributed by atoms with van der Waals surface area (Å²) in [6, 6.07) is 24.2. The molecule has 6 heteroatoms. The first-order valence-corrected chi connectivity index (χ1v) is 12.8. The molecule has 1 aliphatic rings. The minimum atomic E-state index is -0.0928. The fourth-order valence-corrected chi connectivity index (χ4v) is 5.24. The van der Waals surface area contributed by atoms with E-state index in [1.807, 2.05) is 61.5 Å². The van der Waals surface area contributed by atoms with E-state index < -0.39 is 0 Å². The van der Waals surface area contributed by atoms with Gasteiger partial charge in [-0.25, -0.2) is 14.7 Å². The number of nitrogens with zero attached hydrogens (tertiary/aromatic N) is 5. The first-order valence-electron chi connectivity index (χ1n) is 12.0. The molecule has 1 aromatic heterocycles. The minimum Gasteiger partial charge on any atom is -0.335 e. The summed E-state index contributed by atoms with van der Waals surface area (Å²) in [7, 11) is 0. The zero-order chi connectivity index (χ0) is 26.2. The van der Waals surface area contributed by atoms with Crippen molar-refractivity contribution in [3.63, 3.8) is 0 Å². The normalized spacial score (nSPS) is 14.4. The zero-order valence-corrected chi connectivity index (χ0v) is 21.7. The molecular formula is C31H26N5S+. The molecule has 0 aliphatic carbocycles. The largest absolute Gasteiger partial charge is 0.335 e. The van der Waals surface area contributed by atoms with Crippen molar-refractivity contribution in [1.29, 1.82) is 10.5 Å². The molecule has 180 valence electrons. The van der Waals surface area contributed by atoms with Crippen LogP contribution in [0.15, 0.2) is 106 Å². The van der Waals surface area contributed by atoms with Crippen molar-refractivity contribution in [3.8, 4) is 12.1 Å². The van der Waals surface area contributed by atoms with Crippen LogP contribution in [0, 0.1) is 43.1 Å². The molecule has 2 aromatic carbocycles. The highest BCUT2D eigenvalue weighted by Gasteiger charge is 2.25. The lowest BCUT2D eigenvalue weighted by Crippen LogP contribution is -2.34. The molecule has 0 spiro atoms. The number of nitriles is 2. The van der Waals surface area contributed by atoms with Gasteiger partial charge >= 0.3 is 0 Å². The van der Waals surface area contributed by atoms with Crippen LogP contribution in [0.25, 0.3) is 10.4 Å². The van der Waals surface area contributed by atoms with E-state index in [4.69, 9.17) is 6.57 Å². The SMILES string of the molecule is [C-]#[N+]/C(C#N)=C(\C(C#N)=CC=C1Sc2ccc(C)cc2N1CCC[n+]1ccccc1)c1ccc(C)cc1. The lowest BCUT2D eigenvalue weighted by Gasteiger charge is -2.20. The van der Waals surface area contributed by atoms with Gasteiger partial charge < -0.3 is 4.90 Å². The third kappa shape index (κ3) is 5.99. The van der Waals surface area contributed by atoms with Crippen LogP contribution in [0.1, 0.15) is 23.1 Å². The number of thioether (sulfide) groups is 1. The highest BCUT2D eigenvalue weighted by Crippen LogP contribution is 2.46. The molecule has 0 unspecified atom stereocenters. The number of hydrogen-bond acceptors (Lipinski definition) is 4. The number of fused-ring (bicyclic) bond motifs is 1. The van der Waals surface area contributed by atoms with Crippen molar-refractivity contribution >= 4 is 23.0 Å². The Morgan fingerprint density at radius 2 is 1.76 bits per heavy atom. The fraction of sp³-hybridized carbons (Fsp3) is 0.161. The number of rotatable bonds is 7. The molecule has 0 fully saturated rings. The summed E-state index contributed by atoms with van der Waals surface area (Å²) in [5, 5.41) is 20.7. The summed E-state index contributed by atoms with van der Waals surface area (Å²) in [4.78, 5) is 6.88. The van der Waals surface area contributed by atoms with Crippen molar-refractivity contribution < 1.29 is 4.57 Å². The average molecular weight is 501 g/mol. The monoisotopic (exact) mass is 500 g/mol. The van der Waals surface area contributed by atoms with Gasteiger partial charge in [0, 0.05) is 35.6 Å². The smallest absolute Gasteiger partial charge is 0.270 e. The van der Waals surface area contributed by atoms with Crippen molar-refractivity contribution in [1.82, 2.24) is 0 Å². The molecule has 5 nitrogen and oxygen atoms in total. The molecule has 0 saturated heterocycles. The van der Waals surface area contributed by atoms with Crippen LogP contribution in [-0.2, 0) is 6.54 Å². The molecule has 0 N–H and O–H groups in total. The van der Waals surface area contributed by atoms with E-state index in [-0.39, 0.29) is 11.3 Å². The van der Waals surface area contributed by atoms with E-state index in [1.54, 1.807) is 17.8 Å². The standard InChI is InChI=1S/C31H26N5S/c1-23-8-11-25(12-9-23)31(27(22-33)34-3)26(21-32)13-15-30-36(19-7-18-35-16-5-4-6-17-35)28-20-24(2)10-14-29(28)37-30/h4-6,8-17,20H,7,18-19H2,1-2H3/q+1/b26-13?,30-15?,31-27-. The van der Waals surface area contributed by atoms with Crippen molar-refractivity contribution in [2.45, 2.75) is 31.7 Å². The van der Waals surface area contributed by atoms with E-state index in [9.17, 15) is 10.5 Å². The van der Waals surface area contributed by atoms with Crippen molar-refractivity contribution in [2.75, 3.05) is 11.4 Å². The van der Waals surface area contributed by atoms with E-state index in [1.165, 1.54) is 10.5 Å². The highest BCUT2D eigenvalue weighted by atomic mass is 32.2. The Labute approximate surface area is 222 Å². The molecule has 37 heavy (non-hydrogen) atoms. The van der Waals surface area contributed by atoms with E-state index in [0.29, 0.717) is 11.1 Å². The minimum absolute atomic E-state index is 0.0928. The van der Waals surface area contributed by atoms with Crippen LogP contribution < -0.4 is 9.47 Å². The number of allylic oxidation sites excluding steroid dienone is 5. The van der Waals surface area contributed by atoms with Crippen LogP contribution in [0.3, 0.4) is 0 Å². The molecule has 2 heterocycles. The van der Waals surface area contributed by atoms with Crippen LogP contribution in [-0.4, -0.2) is 6.54 Å². The van der Waals surface area contributed by atoms with Crippen LogP contribution in [0.2, 0.25) is 0 Å². The number of anilines is 1. The van der Waals surface area contributed by atoms with E-state index in [0.717, 1.165) is 35.8 Å². The number of aromatic nitrogens is 1.